The first kappa shape index (κ1) is 14.0. The van der Waals surface area contributed by atoms with E-state index in [9.17, 15) is 4.79 Å². The molecule has 1 spiro atoms. The summed E-state index contributed by atoms with van der Waals surface area (Å²) in [5, 5.41) is 0. The van der Waals surface area contributed by atoms with E-state index < -0.39 is 5.60 Å². The van der Waals surface area contributed by atoms with Crippen LogP contribution < -0.4 is 0 Å². The first-order chi connectivity index (χ1) is 11.2. The second kappa shape index (κ2) is 4.57. The van der Waals surface area contributed by atoms with Gasteiger partial charge in [0.25, 0.3) is 0 Å². The van der Waals surface area contributed by atoms with Crippen LogP contribution in [0.1, 0.15) is 51.0 Å². The molecule has 120 valence electrons. The van der Waals surface area contributed by atoms with Gasteiger partial charge in [0, 0.05) is 0 Å². The van der Waals surface area contributed by atoms with E-state index in [1.54, 1.807) is 0 Å². The van der Waals surface area contributed by atoms with Gasteiger partial charge in [-0.2, -0.15) is 0 Å². The molecule has 4 aliphatic rings. The van der Waals surface area contributed by atoms with Gasteiger partial charge >= 0.3 is 0 Å². The highest BCUT2D eigenvalue weighted by atomic mass is 16.5. The van der Waals surface area contributed by atoms with Crippen molar-refractivity contribution in [2.75, 3.05) is 0 Å². The molecular weight excluding hydrogens is 284 g/mol. The lowest BCUT2D eigenvalue weighted by Crippen LogP contribution is -2.62. The molecular formula is C21H24O2. The summed E-state index contributed by atoms with van der Waals surface area (Å²) in [7, 11) is 0. The smallest absolute Gasteiger partial charge is 0.145 e. The van der Waals surface area contributed by atoms with Crippen LogP contribution in [0.25, 0.3) is 0 Å². The Morgan fingerprint density at radius 2 is 1.83 bits per heavy atom. The molecule has 0 aromatic heterocycles. The zero-order valence-corrected chi connectivity index (χ0v) is 13.8. The molecule has 3 fully saturated rings. The van der Waals surface area contributed by atoms with Gasteiger partial charge in [-0.1, -0.05) is 43.7 Å². The van der Waals surface area contributed by atoms with Gasteiger partial charge in [-0.3, -0.25) is 4.79 Å². The highest BCUT2D eigenvalue weighted by molar-refractivity contribution is 5.90. The van der Waals surface area contributed by atoms with Crippen LogP contribution in [0.2, 0.25) is 0 Å². The molecule has 0 radical (unpaired) electrons. The molecule has 2 aliphatic heterocycles. The van der Waals surface area contributed by atoms with Gasteiger partial charge < -0.3 is 4.74 Å². The molecule has 2 saturated carbocycles. The Morgan fingerprint density at radius 3 is 2.65 bits per heavy atom. The van der Waals surface area contributed by atoms with Crippen LogP contribution in [0.3, 0.4) is 0 Å². The number of rotatable bonds is 1. The number of carbonyl (C=O) groups is 1. The van der Waals surface area contributed by atoms with Crippen molar-refractivity contribution in [2.45, 2.75) is 56.7 Å². The molecule has 4 bridgehead atoms. The average molecular weight is 308 g/mol. The fraction of sp³-hybridized carbons (Fsp3) is 0.571. The maximum absolute atomic E-state index is 13.3. The van der Waals surface area contributed by atoms with Crippen molar-refractivity contribution in [1.82, 2.24) is 0 Å². The Hall–Kier alpha value is -1.41. The van der Waals surface area contributed by atoms with Crippen molar-refractivity contribution in [2.24, 2.45) is 17.8 Å². The van der Waals surface area contributed by atoms with Crippen LogP contribution in [-0.4, -0.2) is 11.4 Å². The highest BCUT2D eigenvalue weighted by Gasteiger charge is 2.68. The Balaban J connectivity index is 1.76. The molecule has 2 heterocycles. The van der Waals surface area contributed by atoms with E-state index in [1.165, 1.54) is 24.0 Å². The SMILES string of the molecule is C[C@@H]1CCCC2=C[C@]3(c4ccccc4)O[C@@]21[C@H]1CCC[C@@H]3C1=O. The van der Waals surface area contributed by atoms with E-state index in [4.69, 9.17) is 4.74 Å². The fourth-order valence-corrected chi connectivity index (χ4v) is 6.00. The van der Waals surface area contributed by atoms with Gasteiger partial charge in [-0.05, 0) is 55.2 Å². The summed E-state index contributed by atoms with van der Waals surface area (Å²) in [4.78, 5) is 13.3. The predicted molar refractivity (Wildman–Crippen MR) is 88.9 cm³/mol. The number of carbonyl (C=O) groups excluding carboxylic acids is 1. The van der Waals surface area contributed by atoms with E-state index >= 15 is 0 Å². The summed E-state index contributed by atoms with van der Waals surface area (Å²) in [5.41, 5.74) is 1.81. The van der Waals surface area contributed by atoms with Crippen LogP contribution >= 0.6 is 0 Å². The standard InChI is InChI=1S/C21H24O2/c1-14-7-5-10-16-13-20(15-8-3-2-4-9-15)17-11-6-12-18(19(17)22)21(14,16)23-20/h2-4,8-9,13-14,17-18H,5-7,10-12H2,1H3/t14-,17-,18+,20-,21-/m1/s1. The van der Waals surface area contributed by atoms with Crippen molar-refractivity contribution in [1.29, 1.82) is 0 Å². The quantitative estimate of drug-likeness (QED) is 0.719. The maximum Gasteiger partial charge on any atom is 0.145 e. The van der Waals surface area contributed by atoms with E-state index in [2.05, 4.69) is 37.3 Å². The molecule has 1 aromatic carbocycles. The monoisotopic (exact) mass is 308 g/mol. The van der Waals surface area contributed by atoms with Gasteiger partial charge in [0.05, 0.1) is 11.8 Å². The van der Waals surface area contributed by atoms with Crippen molar-refractivity contribution >= 4 is 5.78 Å². The Kier molecular flexibility index (Phi) is 2.78. The molecule has 2 nitrogen and oxygen atoms in total. The normalized spacial score (nSPS) is 44.7. The Bertz CT molecular complexity index is 691. The number of fused-ring (bicyclic) bond motifs is 4. The molecule has 1 aromatic rings. The third-order valence-electron chi connectivity index (χ3n) is 6.98. The molecule has 0 N–H and O–H groups in total. The molecule has 0 amide bonds. The van der Waals surface area contributed by atoms with E-state index in [0.29, 0.717) is 11.7 Å². The molecule has 5 rings (SSSR count). The van der Waals surface area contributed by atoms with Crippen molar-refractivity contribution in [3.8, 4) is 0 Å². The number of ketones is 1. The Morgan fingerprint density at radius 1 is 1.04 bits per heavy atom. The summed E-state index contributed by atoms with van der Waals surface area (Å²) in [6, 6.07) is 10.5. The number of Topliss-reactive ketones (excluding diaryl/α,β-unsaturated/α-hetero) is 1. The topological polar surface area (TPSA) is 26.3 Å². The lowest BCUT2D eigenvalue weighted by atomic mass is 9.59. The molecule has 2 aliphatic carbocycles. The van der Waals surface area contributed by atoms with Crippen LogP contribution in [0.5, 0.6) is 0 Å². The van der Waals surface area contributed by atoms with Crippen LogP contribution in [-0.2, 0) is 15.1 Å². The number of benzene rings is 1. The predicted octanol–water partition coefficient (Wildman–Crippen LogP) is 4.40. The van der Waals surface area contributed by atoms with Crippen molar-refractivity contribution < 1.29 is 9.53 Å². The third-order valence-corrected chi connectivity index (χ3v) is 6.98. The van der Waals surface area contributed by atoms with E-state index in [-0.39, 0.29) is 17.4 Å². The van der Waals surface area contributed by atoms with Gasteiger partial charge in [0.1, 0.15) is 17.0 Å². The largest absolute Gasteiger partial charge is 0.354 e. The Labute approximate surface area is 137 Å². The van der Waals surface area contributed by atoms with Crippen molar-refractivity contribution in [3.63, 3.8) is 0 Å². The van der Waals surface area contributed by atoms with Crippen LogP contribution in [0.15, 0.2) is 42.0 Å². The van der Waals surface area contributed by atoms with E-state index in [0.717, 1.165) is 25.7 Å². The molecule has 0 unspecified atom stereocenters. The van der Waals surface area contributed by atoms with Gasteiger partial charge in [-0.25, -0.2) is 0 Å². The third kappa shape index (κ3) is 1.56. The molecule has 23 heavy (non-hydrogen) atoms. The zero-order valence-electron chi connectivity index (χ0n) is 13.8. The minimum Gasteiger partial charge on any atom is -0.354 e. The molecule has 1 saturated heterocycles. The van der Waals surface area contributed by atoms with Gasteiger partial charge in [0.2, 0.25) is 0 Å². The van der Waals surface area contributed by atoms with Gasteiger partial charge in [0.15, 0.2) is 0 Å². The lowest BCUT2D eigenvalue weighted by Gasteiger charge is -2.56. The second-order valence-electron chi connectivity index (χ2n) is 7.96. The zero-order chi connectivity index (χ0) is 15.7. The average Bonchev–Trinajstić information content (AvgIpc) is 2.92. The summed E-state index contributed by atoms with van der Waals surface area (Å²) in [6.07, 6.45) is 9.04. The summed E-state index contributed by atoms with van der Waals surface area (Å²) in [5.74, 6) is 1.04. The minimum absolute atomic E-state index is 0.0135. The molecule has 2 heteroatoms. The summed E-state index contributed by atoms with van der Waals surface area (Å²) in [6.45, 7) is 2.30. The molecule has 5 atom stereocenters. The lowest BCUT2D eigenvalue weighted by molar-refractivity contribution is -0.221. The maximum atomic E-state index is 13.3. The van der Waals surface area contributed by atoms with Crippen LogP contribution in [0, 0.1) is 17.8 Å². The van der Waals surface area contributed by atoms with Gasteiger partial charge in [-0.15, -0.1) is 0 Å². The number of hydrogen-bond donors (Lipinski definition) is 0. The number of hydrogen-bond acceptors (Lipinski definition) is 2. The van der Waals surface area contributed by atoms with E-state index in [1.807, 2.05) is 6.07 Å². The first-order valence-electron chi connectivity index (χ1n) is 9.20. The minimum atomic E-state index is -0.497. The van der Waals surface area contributed by atoms with Crippen LogP contribution in [0.4, 0.5) is 0 Å². The van der Waals surface area contributed by atoms with Crippen molar-refractivity contribution in [3.05, 3.63) is 47.5 Å². The summed E-state index contributed by atoms with van der Waals surface area (Å²) >= 11 is 0. The highest BCUT2D eigenvalue weighted by Crippen LogP contribution is 2.64. The summed E-state index contributed by atoms with van der Waals surface area (Å²) < 4.78 is 7.00. The number of ether oxygens (including phenoxy) is 1. The first-order valence-corrected chi connectivity index (χ1v) is 9.20. The second-order valence-corrected chi connectivity index (χ2v) is 7.96. The fourth-order valence-electron chi connectivity index (χ4n) is 6.00.